The molecule has 0 aromatic carbocycles. The predicted molar refractivity (Wildman–Crippen MR) is 51.0 cm³/mol. The third-order valence-corrected chi connectivity index (χ3v) is 1.27. The molecule has 0 saturated heterocycles. The summed E-state index contributed by atoms with van der Waals surface area (Å²) in [5, 5.41) is 5.74. The van der Waals surface area contributed by atoms with E-state index in [1.54, 1.807) is 7.05 Å². The summed E-state index contributed by atoms with van der Waals surface area (Å²) in [6.45, 7) is 6.97. The molecule has 0 spiro atoms. The maximum absolute atomic E-state index is 10.7. The molecule has 1 amide bonds. The van der Waals surface area contributed by atoms with Crippen LogP contribution in [0.5, 0.6) is 0 Å². The molecule has 0 fully saturated rings. The van der Waals surface area contributed by atoms with Gasteiger partial charge < -0.3 is 10.6 Å². The number of rotatable bonds is 3. The number of hydrogen-bond acceptors (Lipinski definition) is 2. The minimum atomic E-state index is -0.0642. The van der Waals surface area contributed by atoms with Crippen LogP contribution in [0.3, 0.4) is 0 Å². The summed E-state index contributed by atoms with van der Waals surface area (Å²) >= 11 is 0. The van der Waals surface area contributed by atoms with Gasteiger partial charge in [0.15, 0.2) is 0 Å². The van der Waals surface area contributed by atoms with E-state index in [0.717, 1.165) is 6.54 Å². The van der Waals surface area contributed by atoms with Crippen molar-refractivity contribution >= 4 is 5.91 Å². The summed E-state index contributed by atoms with van der Waals surface area (Å²) in [6, 6.07) is 0. The standard InChI is InChI=1S/C9H18N2O/c1-9(2,3)11-7-5-6-8(12)10-4/h5-6,11H,7H2,1-4H3,(H,10,12)/b6-5+. The van der Waals surface area contributed by atoms with Crippen LogP contribution in [-0.4, -0.2) is 25.0 Å². The summed E-state index contributed by atoms with van der Waals surface area (Å²) in [7, 11) is 1.61. The lowest BCUT2D eigenvalue weighted by Gasteiger charge is -2.18. The molecule has 0 unspecified atom stereocenters. The molecule has 0 aliphatic carbocycles. The lowest BCUT2D eigenvalue weighted by atomic mass is 10.1. The van der Waals surface area contributed by atoms with Gasteiger partial charge in [-0.3, -0.25) is 4.79 Å². The van der Waals surface area contributed by atoms with E-state index in [9.17, 15) is 4.79 Å². The van der Waals surface area contributed by atoms with Crippen molar-refractivity contribution in [1.82, 2.24) is 10.6 Å². The molecule has 3 nitrogen and oxygen atoms in total. The molecule has 0 aromatic rings. The molecule has 0 aliphatic rings. The fraction of sp³-hybridized carbons (Fsp3) is 0.667. The number of carbonyl (C=O) groups is 1. The van der Waals surface area contributed by atoms with E-state index in [0.29, 0.717) is 0 Å². The van der Waals surface area contributed by atoms with Gasteiger partial charge in [-0.25, -0.2) is 0 Å². The van der Waals surface area contributed by atoms with Crippen LogP contribution < -0.4 is 10.6 Å². The average Bonchev–Trinajstić information content (AvgIpc) is 1.96. The Morgan fingerprint density at radius 3 is 2.42 bits per heavy atom. The van der Waals surface area contributed by atoms with Gasteiger partial charge >= 0.3 is 0 Å². The Hall–Kier alpha value is -0.830. The van der Waals surface area contributed by atoms with E-state index in [2.05, 4.69) is 31.4 Å². The largest absolute Gasteiger partial charge is 0.356 e. The highest BCUT2D eigenvalue weighted by Gasteiger charge is 2.05. The predicted octanol–water partition coefficient (Wildman–Crippen LogP) is 0.677. The summed E-state index contributed by atoms with van der Waals surface area (Å²) in [5.41, 5.74) is 0.104. The van der Waals surface area contributed by atoms with E-state index in [1.807, 2.05) is 6.08 Å². The van der Waals surface area contributed by atoms with E-state index in [-0.39, 0.29) is 11.4 Å². The van der Waals surface area contributed by atoms with E-state index in [4.69, 9.17) is 0 Å². The summed E-state index contributed by atoms with van der Waals surface area (Å²) < 4.78 is 0. The van der Waals surface area contributed by atoms with Gasteiger partial charge in [-0.15, -0.1) is 0 Å². The van der Waals surface area contributed by atoms with Crippen LogP contribution >= 0.6 is 0 Å². The topological polar surface area (TPSA) is 41.1 Å². The molecule has 70 valence electrons. The van der Waals surface area contributed by atoms with Crippen molar-refractivity contribution in [1.29, 1.82) is 0 Å². The second kappa shape index (κ2) is 4.93. The molecule has 0 aliphatic heterocycles. The first kappa shape index (κ1) is 11.2. The number of nitrogens with one attached hydrogen (secondary N) is 2. The van der Waals surface area contributed by atoms with Crippen molar-refractivity contribution in [2.75, 3.05) is 13.6 Å². The van der Waals surface area contributed by atoms with Crippen molar-refractivity contribution in [3.05, 3.63) is 12.2 Å². The van der Waals surface area contributed by atoms with Gasteiger partial charge in [0.25, 0.3) is 0 Å². The minimum Gasteiger partial charge on any atom is -0.356 e. The zero-order valence-corrected chi connectivity index (χ0v) is 8.27. The second-order valence-corrected chi connectivity index (χ2v) is 3.65. The minimum absolute atomic E-state index is 0.0642. The van der Waals surface area contributed by atoms with Crippen molar-refractivity contribution < 1.29 is 4.79 Å². The summed E-state index contributed by atoms with van der Waals surface area (Å²) in [6.07, 6.45) is 3.34. The van der Waals surface area contributed by atoms with Crippen LogP contribution in [0.4, 0.5) is 0 Å². The Morgan fingerprint density at radius 2 is 2.00 bits per heavy atom. The molecule has 0 atom stereocenters. The highest BCUT2D eigenvalue weighted by atomic mass is 16.1. The quantitative estimate of drug-likeness (QED) is 0.611. The molecule has 0 saturated carbocycles. The Bertz CT molecular complexity index is 168. The van der Waals surface area contributed by atoms with Crippen LogP contribution in [0, 0.1) is 0 Å². The number of amides is 1. The maximum Gasteiger partial charge on any atom is 0.243 e. The highest BCUT2D eigenvalue weighted by molar-refractivity contribution is 5.87. The van der Waals surface area contributed by atoms with Crippen LogP contribution in [0.15, 0.2) is 12.2 Å². The van der Waals surface area contributed by atoms with Crippen molar-refractivity contribution in [2.45, 2.75) is 26.3 Å². The first-order valence-corrected chi connectivity index (χ1v) is 4.09. The molecule has 0 bridgehead atoms. The third-order valence-electron chi connectivity index (χ3n) is 1.27. The Kier molecular flexibility index (Phi) is 4.59. The monoisotopic (exact) mass is 170 g/mol. The average molecular weight is 170 g/mol. The van der Waals surface area contributed by atoms with Crippen molar-refractivity contribution in [3.8, 4) is 0 Å². The van der Waals surface area contributed by atoms with Crippen LogP contribution in [0.1, 0.15) is 20.8 Å². The number of hydrogen-bond donors (Lipinski definition) is 2. The first-order valence-electron chi connectivity index (χ1n) is 4.09. The molecule has 2 N–H and O–H groups in total. The zero-order valence-electron chi connectivity index (χ0n) is 8.27. The van der Waals surface area contributed by atoms with Gasteiger partial charge in [-0.05, 0) is 20.8 Å². The van der Waals surface area contributed by atoms with Crippen molar-refractivity contribution in [3.63, 3.8) is 0 Å². The van der Waals surface area contributed by atoms with Gasteiger partial charge in [0.2, 0.25) is 5.91 Å². The fourth-order valence-corrected chi connectivity index (χ4v) is 0.614. The summed E-state index contributed by atoms with van der Waals surface area (Å²) in [5.74, 6) is -0.0642. The molecule has 3 heteroatoms. The van der Waals surface area contributed by atoms with Gasteiger partial charge in [0, 0.05) is 25.2 Å². The number of likely N-dealkylation sites (N-methyl/N-ethyl adjacent to an activating group) is 1. The smallest absolute Gasteiger partial charge is 0.243 e. The van der Waals surface area contributed by atoms with E-state index >= 15 is 0 Å². The van der Waals surface area contributed by atoms with Crippen LogP contribution in [-0.2, 0) is 4.79 Å². The molecule has 12 heavy (non-hydrogen) atoms. The van der Waals surface area contributed by atoms with Crippen LogP contribution in [0.25, 0.3) is 0 Å². The fourth-order valence-electron chi connectivity index (χ4n) is 0.614. The highest BCUT2D eigenvalue weighted by Crippen LogP contribution is 1.96. The lowest BCUT2D eigenvalue weighted by molar-refractivity contribution is -0.116. The number of carbonyl (C=O) groups excluding carboxylic acids is 1. The van der Waals surface area contributed by atoms with Gasteiger partial charge in [0.1, 0.15) is 0 Å². The second-order valence-electron chi connectivity index (χ2n) is 3.65. The van der Waals surface area contributed by atoms with E-state index < -0.39 is 0 Å². The molecule has 0 radical (unpaired) electrons. The SMILES string of the molecule is CNC(=O)/C=C/CNC(C)(C)C. The van der Waals surface area contributed by atoms with Crippen LogP contribution in [0.2, 0.25) is 0 Å². The van der Waals surface area contributed by atoms with Gasteiger partial charge in [-0.1, -0.05) is 6.08 Å². The van der Waals surface area contributed by atoms with Gasteiger partial charge in [0.05, 0.1) is 0 Å². The Balaban J connectivity index is 3.56. The molecule has 0 rings (SSSR count). The van der Waals surface area contributed by atoms with Crippen molar-refractivity contribution in [2.24, 2.45) is 0 Å². The summed E-state index contributed by atoms with van der Waals surface area (Å²) in [4.78, 5) is 10.7. The van der Waals surface area contributed by atoms with E-state index in [1.165, 1.54) is 6.08 Å². The third kappa shape index (κ3) is 7.28. The molecule has 0 aromatic heterocycles. The normalized spacial score (nSPS) is 12.0. The molecular weight excluding hydrogens is 152 g/mol. The first-order chi connectivity index (χ1) is 5.45. The molecular formula is C9H18N2O. The zero-order chi connectivity index (χ0) is 9.61. The Labute approximate surface area is 74.2 Å². The maximum atomic E-state index is 10.7. The van der Waals surface area contributed by atoms with Gasteiger partial charge in [-0.2, -0.15) is 0 Å². The molecule has 0 heterocycles. The lowest BCUT2D eigenvalue weighted by Crippen LogP contribution is -2.35. The Morgan fingerprint density at radius 1 is 1.42 bits per heavy atom.